The SMILES string of the molecule is COc1ccc(N(C(=O)c2ccc([N+](=O)[O-])cc2Cl)c2nc3ccccc3s2)cc1OC. The van der Waals surface area contributed by atoms with Gasteiger partial charge in [0.1, 0.15) is 0 Å². The van der Waals surface area contributed by atoms with Crippen LogP contribution in [0.2, 0.25) is 5.02 Å². The maximum Gasteiger partial charge on any atom is 0.270 e. The number of carbonyl (C=O) groups is 1. The number of carbonyl (C=O) groups excluding carboxylic acids is 1. The predicted molar refractivity (Wildman–Crippen MR) is 124 cm³/mol. The van der Waals surface area contributed by atoms with Crippen LogP contribution in [-0.2, 0) is 0 Å². The minimum atomic E-state index is -0.570. The van der Waals surface area contributed by atoms with Crippen LogP contribution < -0.4 is 14.4 Å². The molecule has 1 heterocycles. The van der Waals surface area contributed by atoms with Crippen LogP contribution in [0, 0.1) is 10.1 Å². The Hall–Kier alpha value is -3.69. The molecule has 0 unspecified atom stereocenters. The van der Waals surface area contributed by atoms with Gasteiger partial charge in [-0.25, -0.2) is 4.98 Å². The molecule has 0 aliphatic heterocycles. The first-order chi connectivity index (χ1) is 15.4. The van der Waals surface area contributed by atoms with E-state index in [1.54, 1.807) is 18.2 Å². The molecule has 8 nitrogen and oxygen atoms in total. The summed E-state index contributed by atoms with van der Waals surface area (Å²) in [5.41, 5.74) is 1.11. The fourth-order valence-corrected chi connectivity index (χ4v) is 4.39. The summed E-state index contributed by atoms with van der Waals surface area (Å²) in [5, 5.41) is 11.4. The van der Waals surface area contributed by atoms with Gasteiger partial charge >= 0.3 is 0 Å². The van der Waals surface area contributed by atoms with Crippen molar-refractivity contribution in [2.24, 2.45) is 0 Å². The van der Waals surface area contributed by atoms with Gasteiger partial charge in [-0.2, -0.15) is 0 Å². The normalized spacial score (nSPS) is 10.7. The third kappa shape index (κ3) is 3.95. The molecule has 0 atom stereocenters. The molecule has 0 saturated heterocycles. The maximum atomic E-state index is 13.6. The number of ether oxygens (including phenoxy) is 2. The number of amides is 1. The minimum absolute atomic E-state index is 0.0317. The Morgan fingerprint density at radius 3 is 2.47 bits per heavy atom. The van der Waals surface area contributed by atoms with Gasteiger partial charge in [-0.1, -0.05) is 35.1 Å². The van der Waals surface area contributed by atoms with Crippen molar-refractivity contribution in [1.29, 1.82) is 0 Å². The fourth-order valence-electron chi connectivity index (χ4n) is 3.15. The Balaban J connectivity index is 1.88. The van der Waals surface area contributed by atoms with Crippen molar-refractivity contribution in [3.63, 3.8) is 0 Å². The van der Waals surface area contributed by atoms with Crippen molar-refractivity contribution < 1.29 is 19.2 Å². The van der Waals surface area contributed by atoms with Gasteiger partial charge in [-0.05, 0) is 30.3 Å². The Labute approximate surface area is 191 Å². The number of halogens is 1. The van der Waals surface area contributed by atoms with Crippen LogP contribution in [0.25, 0.3) is 10.2 Å². The first-order valence-corrected chi connectivity index (χ1v) is 10.5. The molecule has 0 aliphatic rings. The van der Waals surface area contributed by atoms with Gasteiger partial charge in [0.15, 0.2) is 16.6 Å². The van der Waals surface area contributed by atoms with Crippen LogP contribution in [-0.4, -0.2) is 30.0 Å². The van der Waals surface area contributed by atoms with Crippen molar-refractivity contribution in [3.05, 3.63) is 81.4 Å². The van der Waals surface area contributed by atoms with E-state index in [1.807, 2.05) is 24.3 Å². The highest BCUT2D eigenvalue weighted by atomic mass is 35.5. The number of nitro benzene ring substituents is 1. The molecule has 10 heteroatoms. The summed E-state index contributed by atoms with van der Waals surface area (Å²) in [6, 6.07) is 16.3. The highest BCUT2D eigenvalue weighted by Crippen LogP contribution is 2.39. The lowest BCUT2D eigenvalue weighted by Crippen LogP contribution is -2.26. The summed E-state index contributed by atoms with van der Waals surface area (Å²) >= 11 is 7.59. The molecule has 32 heavy (non-hydrogen) atoms. The number of nitro groups is 1. The number of hydrogen-bond donors (Lipinski definition) is 0. The van der Waals surface area contributed by atoms with Crippen molar-refractivity contribution in [2.75, 3.05) is 19.1 Å². The molecule has 1 amide bonds. The van der Waals surface area contributed by atoms with E-state index in [-0.39, 0.29) is 16.3 Å². The fraction of sp³-hybridized carbons (Fsp3) is 0.0909. The molecule has 0 saturated carbocycles. The van der Waals surface area contributed by atoms with Crippen LogP contribution in [0.3, 0.4) is 0 Å². The molecule has 3 aromatic carbocycles. The van der Waals surface area contributed by atoms with Crippen molar-refractivity contribution in [1.82, 2.24) is 4.98 Å². The summed E-state index contributed by atoms with van der Waals surface area (Å²) < 4.78 is 11.6. The number of anilines is 2. The molecule has 0 aliphatic carbocycles. The third-order valence-corrected chi connectivity index (χ3v) is 6.03. The molecule has 0 fully saturated rings. The summed E-state index contributed by atoms with van der Waals surface area (Å²) in [6.07, 6.45) is 0. The number of fused-ring (bicyclic) bond motifs is 1. The van der Waals surface area contributed by atoms with Gasteiger partial charge in [0, 0.05) is 18.2 Å². The maximum absolute atomic E-state index is 13.6. The Morgan fingerprint density at radius 2 is 1.81 bits per heavy atom. The number of non-ortho nitro benzene ring substituents is 1. The van der Waals surface area contributed by atoms with E-state index >= 15 is 0 Å². The molecular weight excluding hydrogens is 454 g/mol. The quantitative estimate of drug-likeness (QED) is 0.259. The minimum Gasteiger partial charge on any atom is -0.493 e. The van der Waals surface area contributed by atoms with E-state index in [4.69, 9.17) is 21.1 Å². The summed E-state index contributed by atoms with van der Waals surface area (Å²) in [7, 11) is 3.02. The first kappa shape index (κ1) is 21.5. The highest BCUT2D eigenvalue weighted by molar-refractivity contribution is 7.22. The van der Waals surface area contributed by atoms with Crippen LogP contribution >= 0.6 is 22.9 Å². The number of methoxy groups -OCH3 is 2. The largest absolute Gasteiger partial charge is 0.493 e. The molecule has 0 spiro atoms. The summed E-state index contributed by atoms with van der Waals surface area (Å²) in [6.45, 7) is 0. The van der Waals surface area contributed by atoms with Crippen molar-refractivity contribution in [3.8, 4) is 11.5 Å². The third-order valence-electron chi connectivity index (χ3n) is 4.70. The zero-order valence-electron chi connectivity index (χ0n) is 16.9. The Kier molecular flexibility index (Phi) is 5.93. The highest BCUT2D eigenvalue weighted by Gasteiger charge is 2.27. The zero-order valence-corrected chi connectivity index (χ0v) is 18.5. The molecule has 0 bridgehead atoms. The van der Waals surface area contributed by atoms with E-state index in [0.717, 1.165) is 16.3 Å². The topological polar surface area (TPSA) is 94.8 Å². The van der Waals surface area contributed by atoms with E-state index in [1.165, 1.54) is 42.6 Å². The van der Waals surface area contributed by atoms with Crippen molar-refractivity contribution >= 4 is 55.6 Å². The van der Waals surface area contributed by atoms with E-state index in [2.05, 4.69) is 4.98 Å². The smallest absolute Gasteiger partial charge is 0.270 e. The van der Waals surface area contributed by atoms with E-state index in [0.29, 0.717) is 22.3 Å². The van der Waals surface area contributed by atoms with Gasteiger partial charge < -0.3 is 9.47 Å². The molecular formula is C22H16ClN3O5S. The van der Waals surface area contributed by atoms with Gasteiger partial charge in [0.2, 0.25) is 0 Å². The van der Waals surface area contributed by atoms with Crippen LogP contribution in [0.1, 0.15) is 10.4 Å². The van der Waals surface area contributed by atoms with Gasteiger partial charge in [0.25, 0.3) is 11.6 Å². The zero-order chi connectivity index (χ0) is 22.8. The molecule has 0 N–H and O–H groups in total. The summed E-state index contributed by atoms with van der Waals surface area (Å²) in [4.78, 5) is 30.1. The Morgan fingerprint density at radius 1 is 1.06 bits per heavy atom. The number of para-hydroxylation sites is 1. The lowest BCUT2D eigenvalue weighted by atomic mass is 10.1. The molecule has 0 radical (unpaired) electrons. The second kappa shape index (κ2) is 8.81. The monoisotopic (exact) mass is 469 g/mol. The number of nitrogens with zero attached hydrogens (tertiary/aromatic N) is 3. The number of rotatable bonds is 6. The lowest BCUT2D eigenvalue weighted by molar-refractivity contribution is -0.384. The standard InChI is InChI=1S/C22H16ClN3O5S/c1-30-18-10-8-13(12-19(18)31-2)25(22-24-17-5-3-4-6-20(17)32-22)21(27)15-9-7-14(26(28)29)11-16(15)23/h3-12H,1-2H3. The summed E-state index contributed by atoms with van der Waals surface area (Å²) in [5.74, 6) is 0.441. The lowest BCUT2D eigenvalue weighted by Gasteiger charge is -2.22. The average Bonchev–Trinajstić information content (AvgIpc) is 3.22. The molecule has 162 valence electrons. The number of benzene rings is 3. The van der Waals surface area contributed by atoms with E-state index in [9.17, 15) is 14.9 Å². The van der Waals surface area contributed by atoms with Gasteiger partial charge in [0.05, 0.1) is 45.6 Å². The first-order valence-electron chi connectivity index (χ1n) is 9.29. The second-order valence-corrected chi connectivity index (χ2v) is 7.98. The van der Waals surface area contributed by atoms with Gasteiger partial charge in [-0.3, -0.25) is 19.8 Å². The molecule has 1 aromatic heterocycles. The predicted octanol–water partition coefficient (Wildman–Crippen LogP) is 5.85. The number of thiazole rings is 1. The van der Waals surface area contributed by atoms with Crippen LogP contribution in [0.5, 0.6) is 11.5 Å². The van der Waals surface area contributed by atoms with Crippen molar-refractivity contribution in [2.45, 2.75) is 0 Å². The van der Waals surface area contributed by atoms with Crippen LogP contribution in [0.4, 0.5) is 16.5 Å². The Bertz CT molecular complexity index is 1310. The average molecular weight is 470 g/mol. The second-order valence-electron chi connectivity index (χ2n) is 6.57. The number of hydrogen-bond acceptors (Lipinski definition) is 7. The molecule has 4 rings (SSSR count). The molecule has 4 aromatic rings. The van der Waals surface area contributed by atoms with Crippen LogP contribution in [0.15, 0.2) is 60.7 Å². The number of aromatic nitrogens is 1. The van der Waals surface area contributed by atoms with E-state index < -0.39 is 10.8 Å². The van der Waals surface area contributed by atoms with Gasteiger partial charge in [-0.15, -0.1) is 0 Å².